The Balaban J connectivity index is 1.22. The molecule has 1 aliphatic heterocycles. The molecule has 0 unspecified atom stereocenters. The molecule has 1 atom stereocenters. The molecule has 5 rings (SSSR count). The van der Waals surface area contributed by atoms with Crippen molar-refractivity contribution in [1.29, 1.82) is 0 Å². The number of amides is 1. The minimum absolute atomic E-state index is 0.106. The molecule has 40 heavy (non-hydrogen) atoms. The number of para-hydroxylation sites is 1. The van der Waals surface area contributed by atoms with Crippen LogP contribution in [0.3, 0.4) is 0 Å². The molecular formula is C30H26N2O8. The van der Waals surface area contributed by atoms with E-state index in [1.807, 2.05) is 24.3 Å². The topological polar surface area (TPSA) is 136 Å². The number of nitrogens with one attached hydrogen (secondary N) is 2. The van der Waals surface area contributed by atoms with E-state index in [1.54, 1.807) is 42.6 Å². The second-order valence-corrected chi connectivity index (χ2v) is 9.02. The van der Waals surface area contributed by atoms with Crippen molar-refractivity contribution in [2.45, 2.75) is 12.5 Å². The monoisotopic (exact) mass is 542 g/mol. The minimum Gasteiger partial charge on any atom is -0.493 e. The Kier molecular flexibility index (Phi) is 7.41. The highest BCUT2D eigenvalue weighted by molar-refractivity contribution is 6.14. The number of aliphatic carboxylic acids is 1. The summed E-state index contributed by atoms with van der Waals surface area (Å²) in [6.45, 7) is -0.418. The van der Waals surface area contributed by atoms with Crippen LogP contribution in [-0.2, 0) is 16.0 Å². The first kappa shape index (κ1) is 26.4. The number of methoxy groups -OCH3 is 2. The molecule has 2 heterocycles. The number of allylic oxidation sites excluding steroid dienone is 1. The van der Waals surface area contributed by atoms with E-state index in [1.165, 1.54) is 20.3 Å². The van der Waals surface area contributed by atoms with Crippen molar-refractivity contribution in [2.75, 3.05) is 20.8 Å². The maximum absolute atomic E-state index is 12.8. The number of benzene rings is 3. The van der Waals surface area contributed by atoms with Crippen LogP contribution in [0, 0.1) is 0 Å². The SMILES string of the molecule is COc1ccc(/C=C2\Oc3cc(OCC(=O)N[C@H](Cc4c[nH]c5ccccc45)C(=O)O)ccc3C2=O)cc1OC. The third kappa shape index (κ3) is 5.46. The van der Waals surface area contributed by atoms with Gasteiger partial charge in [-0.05, 0) is 47.5 Å². The second-order valence-electron chi connectivity index (χ2n) is 9.02. The summed E-state index contributed by atoms with van der Waals surface area (Å²) in [4.78, 5) is 40.3. The van der Waals surface area contributed by atoms with Crippen LogP contribution in [-0.4, -0.2) is 54.6 Å². The van der Waals surface area contributed by atoms with Gasteiger partial charge in [0.2, 0.25) is 5.78 Å². The Bertz CT molecular complexity index is 1640. The zero-order valence-electron chi connectivity index (χ0n) is 21.7. The fraction of sp³-hybridized carbons (Fsp3) is 0.167. The first-order valence-electron chi connectivity index (χ1n) is 12.4. The smallest absolute Gasteiger partial charge is 0.326 e. The van der Waals surface area contributed by atoms with Gasteiger partial charge in [0.25, 0.3) is 5.91 Å². The number of fused-ring (bicyclic) bond motifs is 2. The van der Waals surface area contributed by atoms with E-state index in [4.69, 9.17) is 18.9 Å². The van der Waals surface area contributed by atoms with Crippen LogP contribution in [0.1, 0.15) is 21.5 Å². The lowest BCUT2D eigenvalue weighted by Gasteiger charge is -2.15. The van der Waals surface area contributed by atoms with Crippen LogP contribution in [0.5, 0.6) is 23.0 Å². The number of carboxylic acids is 1. The molecule has 3 aromatic carbocycles. The number of hydrogen-bond donors (Lipinski definition) is 3. The molecule has 1 aliphatic rings. The highest BCUT2D eigenvalue weighted by Gasteiger charge is 2.28. The van der Waals surface area contributed by atoms with Gasteiger partial charge in [0.15, 0.2) is 23.9 Å². The molecule has 0 saturated heterocycles. The van der Waals surface area contributed by atoms with Crippen molar-refractivity contribution in [2.24, 2.45) is 0 Å². The van der Waals surface area contributed by atoms with Crippen LogP contribution in [0.25, 0.3) is 17.0 Å². The summed E-state index contributed by atoms with van der Waals surface area (Å²) in [5, 5.41) is 13.1. The van der Waals surface area contributed by atoms with Crippen LogP contribution < -0.4 is 24.3 Å². The zero-order valence-corrected chi connectivity index (χ0v) is 21.7. The van der Waals surface area contributed by atoms with Crippen molar-refractivity contribution in [3.8, 4) is 23.0 Å². The van der Waals surface area contributed by atoms with E-state index in [-0.39, 0.29) is 29.5 Å². The average molecular weight is 543 g/mol. The van der Waals surface area contributed by atoms with Gasteiger partial charge in [0.05, 0.1) is 19.8 Å². The molecule has 1 aromatic heterocycles. The maximum atomic E-state index is 12.8. The van der Waals surface area contributed by atoms with Gasteiger partial charge in [0, 0.05) is 29.6 Å². The number of ether oxygens (including phenoxy) is 4. The summed E-state index contributed by atoms with van der Waals surface area (Å²) in [5.41, 5.74) is 2.70. The number of aromatic amines is 1. The Morgan fingerprint density at radius 1 is 1.05 bits per heavy atom. The quantitative estimate of drug-likeness (QED) is 0.256. The molecule has 0 radical (unpaired) electrons. The first-order valence-corrected chi connectivity index (χ1v) is 12.4. The number of hydrogen-bond acceptors (Lipinski definition) is 7. The van der Waals surface area contributed by atoms with Gasteiger partial charge in [-0.2, -0.15) is 0 Å². The van der Waals surface area contributed by atoms with Crippen LogP contribution in [0.4, 0.5) is 0 Å². The van der Waals surface area contributed by atoms with Crippen molar-refractivity contribution < 1.29 is 38.4 Å². The number of Topliss-reactive ketones (excluding diaryl/α,β-unsaturated/α-hetero) is 1. The molecule has 0 spiro atoms. The molecule has 204 valence electrons. The average Bonchev–Trinajstić information content (AvgIpc) is 3.51. The van der Waals surface area contributed by atoms with Gasteiger partial charge < -0.3 is 34.4 Å². The molecule has 4 aromatic rings. The van der Waals surface area contributed by atoms with Gasteiger partial charge in [0.1, 0.15) is 17.5 Å². The highest BCUT2D eigenvalue weighted by Crippen LogP contribution is 2.36. The van der Waals surface area contributed by atoms with Gasteiger partial charge >= 0.3 is 5.97 Å². The number of carbonyl (C=O) groups excluding carboxylic acids is 2. The van der Waals surface area contributed by atoms with Gasteiger partial charge in [-0.3, -0.25) is 9.59 Å². The molecule has 3 N–H and O–H groups in total. The molecule has 10 heteroatoms. The van der Waals surface area contributed by atoms with E-state index in [0.29, 0.717) is 22.6 Å². The van der Waals surface area contributed by atoms with Crippen LogP contribution >= 0.6 is 0 Å². The third-order valence-electron chi connectivity index (χ3n) is 6.45. The second kappa shape index (κ2) is 11.2. The Labute approximate surface area is 229 Å². The molecule has 0 aliphatic carbocycles. The fourth-order valence-corrected chi connectivity index (χ4v) is 4.46. The summed E-state index contributed by atoms with van der Waals surface area (Å²) < 4.78 is 21.9. The molecule has 1 amide bonds. The van der Waals surface area contributed by atoms with Crippen LogP contribution in [0.15, 0.2) is 72.6 Å². The number of H-pyrrole nitrogens is 1. The predicted molar refractivity (Wildman–Crippen MR) is 146 cm³/mol. The van der Waals surface area contributed by atoms with E-state index in [9.17, 15) is 19.5 Å². The maximum Gasteiger partial charge on any atom is 0.326 e. The van der Waals surface area contributed by atoms with Gasteiger partial charge in [-0.1, -0.05) is 24.3 Å². The lowest BCUT2D eigenvalue weighted by molar-refractivity contribution is -0.142. The van der Waals surface area contributed by atoms with Crippen molar-refractivity contribution in [3.05, 3.63) is 89.3 Å². The normalized spacial score (nSPS) is 13.9. The number of carboxylic acid groups (broad SMARTS) is 1. The van der Waals surface area contributed by atoms with E-state index >= 15 is 0 Å². The highest BCUT2D eigenvalue weighted by atomic mass is 16.5. The van der Waals surface area contributed by atoms with Gasteiger partial charge in [-0.15, -0.1) is 0 Å². The molecular weight excluding hydrogens is 516 g/mol. The fourth-order valence-electron chi connectivity index (χ4n) is 4.46. The largest absolute Gasteiger partial charge is 0.493 e. The Hall–Kier alpha value is -5.25. The van der Waals surface area contributed by atoms with E-state index < -0.39 is 24.5 Å². The summed E-state index contributed by atoms with van der Waals surface area (Å²) in [6, 6.07) is 16.2. The Morgan fingerprint density at radius 3 is 2.62 bits per heavy atom. The van der Waals surface area contributed by atoms with E-state index in [0.717, 1.165) is 16.5 Å². The van der Waals surface area contributed by atoms with Crippen molar-refractivity contribution in [3.63, 3.8) is 0 Å². The van der Waals surface area contributed by atoms with Gasteiger partial charge in [-0.25, -0.2) is 4.79 Å². The molecule has 10 nitrogen and oxygen atoms in total. The lowest BCUT2D eigenvalue weighted by Crippen LogP contribution is -2.44. The standard InChI is InChI=1S/C30H26N2O8/c1-37-24-10-7-17(11-26(24)38-2)12-27-29(34)21-9-8-19(14-25(21)40-27)39-16-28(33)32-23(30(35)36)13-18-15-31-22-6-4-3-5-20(18)22/h3-12,14-15,23,31H,13,16H2,1-2H3,(H,32,33)(H,35,36)/b27-12-/t23-/m1/s1. The predicted octanol–water partition coefficient (Wildman–Crippen LogP) is 3.99. The summed E-state index contributed by atoms with van der Waals surface area (Å²) in [6.07, 6.45) is 3.44. The van der Waals surface area contributed by atoms with Crippen molar-refractivity contribution >= 4 is 34.6 Å². The van der Waals surface area contributed by atoms with E-state index in [2.05, 4.69) is 10.3 Å². The number of rotatable bonds is 10. The molecule has 0 bridgehead atoms. The summed E-state index contributed by atoms with van der Waals surface area (Å²) in [7, 11) is 3.06. The third-order valence-corrected chi connectivity index (χ3v) is 6.45. The minimum atomic E-state index is -1.16. The first-order chi connectivity index (χ1) is 19.4. The molecule has 0 fully saturated rings. The van der Waals surface area contributed by atoms with Crippen molar-refractivity contribution in [1.82, 2.24) is 10.3 Å². The lowest BCUT2D eigenvalue weighted by atomic mass is 10.1. The molecule has 0 saturated carbocycles. The zero-order chi connectivity index (χ0) is 28.2. The van der Waals surface area contributed by atoms with Crippen LogP contribution in [0.2, 0.25) is 0 Å². The number of carbonyl (C=O) groups is 3. The number of ketones is 1. The summed E-state index contributed by atoms with van der Waals surface area (Å²) >= 11 is 0. The number of aromatic nitrogens is 1. The Morgan fingerprint density at radius 2 is 1.85 bits per heavy atom. The summed E-state index contributed by atoms with van der Waals surface area (Å²) in [5.74, 6) is -0.273.